The molecule has 0 unspecified atom stereocenters. The first-order valence-electron chi connectivity index (χ1n) is 11.2. The van der Waals surface area contributed by atoms with Crippen LogP contribution in [0.3, 0.4) is 0 Å². The van der Waals surface area contributed by atoms with Gasteiger partial charge in [-0.2, -0.15) is 4.98 Å². The van der Waals surface area contributed by atoms with E-state index in [1.54, 1.807) is 4.57 Å². The van der Waals surface area contributed by atoms with Gasteiger partial charge in [-0.3, -0.25) is 14.2 Å². The van der Waals surface area contributed by atoms with Crippen LogP contribution in [0.15, 0.2) is 35.1 Å². The van der Waals surface area contributed by atoms with Gasteiger partial charge in [0.15, 0.2) is 11.4 Å². The molecule has 1 aliphatic carbocycles. The zero-order chi connectivity index (χ0) is 22.1. The van der Waals surface area contributed by atoms with E-state index in [-0.39, 0.29) is 22.9 Å². The van der Waals surface area contributed by atoms with Crippen LogP contribution in [0.25, 0.3) is 11.2 Å². The van der Waals surface area contributed by atoms with E-state index in [9.17, 15) is 9.59 Å². The van der Waals surface area contributed by atoms with Gasteiger partial charge in [-0.05, 0) is 50.1 Å². The van der Waals surface area contributed by atoms with Crippen molar-refractivity contribution < 1.29 is 4.79 Å². The molecule has 166 valence electrons. The molecule has 0 bridgehead atoms. The number of aromatic nitrogens is 4. The van der Waals surface area contributed by atoms with Gasteiger partial charge in [0.05, 0.1) is 5.56 Å². The number of ketones is 1. The molecule has 2 aliphatic rings. The highest BCUT2D eigenvalue weighted by Crippen LogP contribution is 2.30. The van der Waals surface area contributed by atoms with Crippen molar-refractivity contribution in [2.24, 2.45) is 0 Å². The van der Waals surface area contributed by atoms with Crippen LogP contribution in [0.2, 0.25) is 0 Å². The summed E-state index contributed by atoms with van der Waals surface area (Å²) in [7, 11) is 0. The Labute approximate surface area is 185 Å². The van der Waals surface area contributed by atoms with Crippen LogP contribution < -0.4 is 21.1 Å². The van der Waals surface area contributed by atoms with Crippen molar-refractivity contribution in [1.82, 2.24) is 25.1 Å². The van der Waals surface area contributed by atoms with Crippen LogP contribution in [0.4, 0.5) is 17.3 Å². The van der Waals surface area contributed by atoms with E-state index in [4.69, 9.17) is 0 Å². The number of Topliss-reactive ketones (excluding diaryl/α,β-unsaturated/α-hetero) is 1. The SMILES string of the molecule is CC(=O)c1cc2nnc(Nc3ccc(N4CCNCC4)cc3)nc2n(C2CCCC2)c1=O. The molecule has 2 fully saturated rings. The molecular formula is C23H27N7O2. The van der Waals surface area contributed by atoms with E-state index < -0.39 is 0 Å². The number of nitrogens with zero attached hydrogens (tertiary/aromatic N) is 5. The standard InChI is InChI=1S/C23H27N7O2/c1-15(31)19-14-20-21(30(22(19)32)18-4-2-3-5-18)26-23(28-27-20)25-16-6-8-17(9-7-16)29-12-10-24-11-13-29/h6-9,14,18,24H,2-5,10-13H2,1H3,(H,25,26,28). The molecule has 2 N–H and O–H groups in total. The first-order chi connectivity index (χ1) is 15.6. The minimum Gasteiger partial charge on any atom is -0.369 e. The van der Waals surface area contributed by atoms with Gasteiger partial charge in [0.25, 0.3) is 5.56 Å². The monoisotopic (exact) mass is 433 g/mol. The third kappa shape index (κ3) is 3.95. The maximum absolute atomic E-state index is 13.1. The molecule has 1 aliphatic heterocycles. The molecule has 1 aromatic carbocycles. The summed E-state index contributed by atoms with van der Waals surface area (Å²) in [6.45, 7) is 5.37. The molecule has 9 heteroatoms. The van der Waals surface area contributed by atoms with Crippen LogP contribution in [0.1, 0.15) is 49.0 Å². The Morgan fingerprint density at radius 2 is 1.81 bits per heavy atom. The van der Waals surface area contributed by atoms with Gasteiger partial charge >= 0.3 is 0 Å². The van der Waals surface area contributed by atoms with Gasteiger partial charge in [-0.1, -0.05) is 12.8 Å². The van der Waals surface area contributed by atoms with Crippen LogP contribution in [-0.2, 0) is 0 Å². The molecule has 1 saturated heterocycles. The third-order valence-corrected chi connectivity index (χ3v) is 6.33. The average Bonchev–Trinajstić information content (AvgIpc) is 3.34. The van der Waals surface area contributed by atoms with E-state index in [1.807, 2.05) is 12.1 Å². The Hall–Kier alpha value is -3.33. The van der Waals surface area contributed by atoms with E-state index in [1.165, 1.54) is 18.7 Å². The van der Waals surface area contributed by atoms with Crippen LogP contribution in [-0.4, -0.2) is 51.7 Å². The summed E-state index contributed by atoms with van der Waals surface area (Å²) in [6, 6.07) is 9.69. The highest BCUT2D eigenvalue weighted by molar-refractivity contribution is 5.96. The Morgan fingerprint density at radius 3 is 2.50 bits per heavy atom. The van der Waals surface area contributed by atoms with E-state index in [0.717, 1.165) is 57.5 Å². The van der Waals surface area contributed by atoms with Gasteiger partial charge in [0, 0.05) is 43.6 Å². The normalized spacial score (nSPS) is 17.1. The quantitative estimate of drug-likeness (QED) is 0.592. The number of carbonyl (C=O) groups excluding carboxylic acids is 1. The summed E-state index contributed by atoms with van der Waals surface area (Å²) in [5.74, 6) is 0.0615. The maximum atomic E-state index is 13.1. The number of rotatable bonds is 5. The largest absolute Gasteiger partial charge is 0.369 e. The van der Waals surface area contributed by atoms with Crippen molar-refractivity contribution >= 4 is 34.3 Å². The number of pyridine rings is 1. The molecule has 2 aromatic heterocycles. The Morgan fingerprint density at radius 1 is 1.09 bits per heavy atom. The number of hydrogen-bond donors (Lipinski definition) is 2. The topological polar surface area (TPSA) is 105 Å². The fourth-order valence-electron chi connectivity index (χ4n) is 4.64. The third-order valence-electron chi connectivity index (χ3n) is 6.33. The van der Waals surface area contributed by atoms with Crippen molar-refractivity contribution in [3.8, 4) is 0 Å². The molecule has 3 aromatic rings. The van der Waals surface area contributed by atoms with Crippen LogP contribution in [0, 0.1) is 0 Å². The summed E-state index contributed by atoms with van der Waals surface area (Å²) in [5.41, 5.74) is 2.82. The van der Waals surface area contributed by atoms with Crippen molar-refractivity contribution in [2.45, 2.75) is 38.6 Å². The molecule has 9 nitrogen and oxygen atoms in total. The fraction of sp³-hybridized carbons (Fsp3) is 0.435. The number of fused-ring (bicyclic) bond motifs is 1. The number of piperazine rings is 1. The highest BCUT2D eigenvalue weighted by Gasteiger charge is 2.24. The molecule has 0 spiro atoms. The van der Waals surface area contributed by atoms with Crippen molar-refractivity contribution in [3.05, 3.63) is 46.2 Å². The lowest BCUT2D eigenvalue weighted by Crippen LogP contribution is -2.43. The lowest BCUT2D eigenvalue weighted by atomic mass is 10.1. The minimum atomic E-state index is -0.288. The van der Waals surface area contributed by atoms with Crippen molar-refractivity contribution in [2.75, 3.05) is 36.4 Å². The number of benzene rings is 1. The highest BCUT2D eigenvalue weighted by atomic mass is 16.1. The average molecular weight is 434 g/mol. The minimum absolute atomic E-state index is 0.0344. The lowest BCUT2D eigenvalue weighted by molar-refractivity contribution is 0.101. The number of anilines is 3. The first kappa shape index (κ1) is 20.6. The van der Waals surface area contributed by atoms with E-state index in [0.29, 0.717) is 17.1 Å². The van der Waals surface area contributed by atoms with E-state index in [2.05, 4.69) is 42.8 Å². The number of carbonyl (C=O) groups is 1. The zero-order valence-corrected chi connectivity index (χ0v) is 18.2. The maximum Gasteiger partial charge on any atom is 0.263 e. The van der Waals surface area contributed by atoms with Gasteiger partial charge < -0.3 is 15.5 Å². The van der Waals surface area contributed by atoms with Gasteiger partial charge in [-0.25, -0.2) is 0 Å². The molecule has 5 rings (SSSR count). The molecule has 1 saturated carbocycles. The second-order valence-electron chi connectivity index (χ2n) is 8.48. The fourth-order valence-corrected chi connectivity index (χ4v) is 4.64. The summed E-state index contributed by atoms with van der Waals surface area (Å²) < 4.78 is 1.66. The van der Waals surface area contributed by atoms with Crippen molar-refractivity contribution in [3.63, 3.8) is 0 Å². The second-order valence-corrected chi connectivity index (χ2v) is 8.48. The Kier molecular flexibility index (Phi) is 5.57. The molecule has 3 heterocycles. The second kappa shape index (κ2) is 8.66. The predicted molar refractivity (Wildman–Crippen MR) is 124 cm³/mol. The van der Waals surface area contributed by atoms with Crippen LogP contribution in [0.5, 0.6) is 0 Å². The summed E-state index contributed by atoms with van der Waals surface area (Å²) in [6.07, 6.45) is 3.92. The lowest BCUT2D eigenvalue weighted by Gasteiger charge is -2.29. The van der Waals surface area contributed by atoms with Crippen LogP contribution >= 0.6 is 0 Å². The first-order valence-corrected chi connectivity index (χ1v) is 11.2. The molecule has 0 amide bonds. The summed E-state index contributed by atoms with van der Waals surface area (Å²) in [5, 5.41) is 15.0. The van der Waals surface area contributed by atoms with E-state index >= 15 is 0 Å². The number of hydrogen-bond acceptors (Lipinski definition) is 8. The Bertz CT molecular complexity index is 1190. The molecule has 0 radical (unpaired) electrons. The smallest absolute Gasteiger partial charge is 0.263 e. The molecule has 0 atom stereocenters. The molecule has 32 heavy (non-hydrogen) atoms. The van der Waals surface area contributed by atoms with Gasteiger partial charge in [-0.15, -0.1) is 10.2 Å². The van der Waals surface area contributed by atoms with Gasteiger partial charge in [0.2, 0.25) is 5.95 Å². The summed E-state index contributed by atoms with van der Waals surface area (Å²) in [4.78, 5) is 32.1. The van der Waals surface area contributed by atoms with Gasteiger partial charge in [0.1, 0.15) is 5.52 Å². The summed E-state index contributed by atoms with van der Waals surface area (Å²) >= 11 is 0. The predicted octanol–water partition coefficient (Wildman–Crippen LogP) is 2.66. The Balaban J connectivity index is 1.47. The zero-order valence-electron chi connectivity index (χ0n) is 18.2. The number of nitrogens with one attached hydrogen (secondary N) is 2. The molecular weight excluding hydrogens is 406 g/mol. The van der Waals surface area contributed by atoms with Crippen molar-refractivity contribution in [1.29, 1.82) is 0 Å².